The number of nitrogens with one attached hydrogen (secondary N) is 1. The van der Waals surface area contributed by atoms with E-state index in [1.807, 2.05) is 59.5 Å². The number of fused-ring (bicyclic) bond motifs is 5. The molecular weight excluding hydrogens is 464 g/mol. The highest BCUT2D eigenvalue weighted by Gasteiger charge is 2.57. The molecule has 0 saturated heterocycles. The average Bonchev–Trinajstić information content (AvgIpc) is 3.60. The fraction of sp³-hybridized carbons (Fsp3) is 0.355. The summed E-state index contributed by atoms with van der Waals surface area (Å²) in [6, 6.07) is 19.6. The molecule has 3 aliphatic rings. The van der Waals surface area contributed by atoms with Gasteiger partial charge in [0, 0.05) is 35.8 Å². The average molecular weight is 497 g/mol. The van der Waals surface area contributed by atoms with Gasteiger partial charge in [0.2, 0.25) is 5.91 Å². The van der Waals surface area contributed by atoms with Gasteiger partial charge in [0.1, 0.15) is 23.5 Å². The summed E-state index contributed by atoms with van der Waals surface area (Å²) in [5.41, 5.74) is 4.57. The van der Waals surface area contributed by atoms with Crippen LogP contribution >= 0.6 is 0 Å². The van der Waals surface area contributed by atoms with Crippen LogP contribution in [0, 0.1) is 5.92 Å². The molecule has 2 amide bonds. The first-order valence-corrected chi connectivity index (χ1v) is 13.3. The topological polar surface area (TPSA) is 67.9 Å². The Kier molecular flexibility index (Phi) is 5.90. The van der Waals surface area contributed by atoms with Crippen molar-refractivity contribution in [2.45, 2.75) is 45.1 Å². The van der Waals surface area contributed by atoms with Crippen LogP contribution in [0.5, 0.6) is 11.5 Å². The molecule has 1 atom stereocenters. The fourth-order valence-corrected chi connectivity index (χ4v) is 5.91. The van der Waals surface area contributed by atoms with Crippen molar-refractivity contribution in [2.24, 2.45) is 5.92 Å². The summed E-state index contributed by atoms with van der Waals surface area (Å²) < 4.78 is 11.9. The van der Waals surface area contributed by atoms with E-state index in [0.29, 0.717) is 31.2 Å². The number of hydrogen-bond acceptors (Lipinski definition) is 4. The predicted molar refractivity (Wildman–Crippen MR) is 142 cm³/mol. The Morgan fingerprint density at radius 2 is 1.84 bits per heavy atom. The van der Waals surface area contributed by atoms with Crippen LogP contribution in [-0.2, 0) is 23.2 Å². The predicted octanol–water partition coefficient (Wildman–Crippen LogP) is 5.01. The Balaban J connectivity index is 1.30. The zero-order valence-electron chi connectivity index (χ0n) is 21.4. The van der Waals surface area contributed by atoms with Gasteiger partial charge in [-0.15, -0.1) is 0 Å². The molecule has 3 aromatic carbocycles. The van der Waals surface area contributed by atoms with Gasteiger partial charge in [-0.1, -0.05) is 57.0 Å². The second-order valence-corrected chi connectivity index (χ2v) is 10.2. The van der Waals surface area contributed by atoms with Crippen molar-refractivity contribution in [3.05, 3.63) is 88.5 Å². The van der Waals surface area contributed by atoms with Gasteiger partial charge in [0.15, 0.2) is 0 Å². The van der Waals surface area contributed by atoms with E-state index in [0.717, 1.165) is 58.7 Å². The molecule has 0 aromatic heterocycles. The molecule has 6 rings (SSSR count). The van der Waals surface area contributed by atoms with Gasteiger partial charge in [-0.05, 0) is 46.9 Å². The molecule has 6 heteroatoms. The third kappa shape index (κ3) is 3.78. The molecule has 3 heterocycles. The van der Waals surface area contributed by atoms with Gasteiger partial charge in [0.25, 0.3) is 5.91 Å². The second kappa shape index (κ2) is 9.25. The van der Waals surface area contributed by atoms with E-state index in [4.69, 9.17) is 9.47 Å². The smallest absolute Gasteiger partial charge is 0.251 e. The van der Waals surface area contributed by atoms with Gasteiger partial charge >= 0.3 is 0 Å². The van der Waals surface area contributed by atoms with Crippen LogP contribution in [0.4, 0.5) is 5.69 Å². The summed E-state index contributed by atoms with van der Waals surface area (Å²) in [6.45, 7) is 6.28. The van der Waals surface area contributed by atoms with Gasteiger partial charge in [-0.3, -0.25) is 9.59 Å². The molecule has 37 heavy (non-hydrogen) atoms. The highest BCUT2D eigenvalue weighted by atomic mass is 16.5. The Morgan fingerprint density at radius 3 is 2.68 bits per heavy atom. The van der Waals surface area contributed by atoms with Gasteiger partial charge < -0.3 is 19.7 Å². The largest absolute Gasteiger partial charge is 0.493 e. The number of hydrogen-bond donors (Lipinski definition) is 1. The minimum Gasteiger partial charge on any atom is -0.493 e. The Hall–Kier alpha value is -3.80. The zero-order chi connectivity index (χ0) is 25.6. The van der Waals surface area contributed by atoms with E-state index in [1.165, 1.54) is 0 Å². The molecule has 0 radical (unpaired) electrons. The van der Waals surface area contributed by atoms with Gasteiger partial charge in [-0.2, -0.15) is 0 Å². The summed E-state index contributed by atoms with van der Waals surface area (Å²) in [5, 5.41) is 3.07. The van der Waals surface area contributed by atoms with Gasteiger partial charge in [0.05, 0.1) is 13.2 Å². The Morgan fingerprint density at radius 1 is 1.00 bits per heavy atom. The Labute approximate surface area is 217 Å². The van der Waals surface area contributed by atoms with E-state index >= 15 is 0 Å². The zero-order valence-corrected chi connectivity index (χ0v) is 21.4. The lowest BCUT2D eigenvalue weighted by molar-refractivity contribution is -0.122. The molecule has 1 unspecified atom stereocenters. The number of para-hydroxylation sites is 1. The highest BCUT2D eigenvalue weighted by Crippen LogP contribution is 2.54. The van der Waals surface area contributed by atoms with Crippen LogP contribution in [0.3, 0.4) is 0 Å². The van der Waals surface area contributed by atoms with E-state index in [1.54, 1.807) is 0 Å². The minimum absolute atomic E-state index is 0.00917. The van der Waals surface area contributed by atoms with E-state index < -0.39 is 5.41 Å². The van der Waals surface area contributed by atoms with Crippen molar-refractivity contribution in [3.63, 3.8) is 0 Å². The van der Waals surface area contributed by atoms with Crippen molar-refractivity contribution < 1.29 is 19.1 Å². The van der Waals surface area contributed by atoms with Crippen LogP contribution in [0.1, 0.15) is 59.3 Å². The third-order valence-electron chi connectivity index (χ3n) is 8.20. The number of anilines is 1. The second-order valence-electron chi connectivity index (χ2n) is 10.2. The number of benzene rings is 3. The molecule has 190 valence electrons. The first-order valence-electron chi connectivity index (χ1n) is 13.3. The third-order valence-corrected chi connectivity index (χ3v) is 8.20. The molecular formula is C31H32N2O4. The van der Waals surface area contributed by atoms with Crippen molar-refractivity contribution in [1.82, 2.24) is 5.32 Å². The van der Waals surface area contributed by atoms with Crippen LogP contribution in [0.15, 0.2) is 60.7 Å². The summed E-state index contributed by atoms with van der Waals surface area (Å²) in [6.07, 6.45) is 2.92. The first kappa shape index (κ1) is 23.6. The monoisotopic (exact) mass is 496 g/mol. The quantitative estimate of drug-likeness (QED) is 0.499. The minimum atomic E-state index is -0.867. The molecule has 6 nitrogen and oxygen atoms in total. The molecule has 3 aromatic rings. The molecule has 0 fully saturated rings. The van der Waals surface area contributed by atoms with E-state index in [-0.39, 0.29) is 18.4 Å². The summed E-state index contributed by atoms with van der Waals surface area (Å²) in [5.74, 6) is 1.99. The number of carbonyl (C=O) groups is 2. The summed E-state index contributed by atoms with van der Waals surface area (Å²) >= 11 is 0. The van der Waals surface area contributed by atoms with Crippen LogP contribution in [0.2, 0.25) is 0 Å². The van der Waals surface area contributed by atoms with Crippen LogP contribution in [-0.4, -0.2) is 31.6 Å². The van der Waals surface area contributed by atoms with Gasteiger partial charge in [-0.25, -0.2) is 0 Å². The summed E-state index contributed by atoms with van der Waals surface area (Å²) in [7, 11) is 0. The maximum absolute atomic E-state index is 14.3. The Bertz CT molecular complexity index is 1380. The van der Waals surface area contributed by atoms with Crippen molar-refractivity contribution in [3.8, 4) is 11.5 Å². The number of nitrogens with zero attached hydrogens (tertiary/aromatic N) is 1. The molecule has 1 N–H and O–H groups in total. The lowest BCUT2D eigenvalue weighted by Gasteiger charge is -2.23. The molecule has 0 saturated carbocycles. The lowest BCUT2D eigenvalue weighted by atomic mass is 9.76. The fourth-order valence-electron chi connectivity index (χ4n) is 5.91. The lowest BCUT2D eigenvalue weighted by Crippen LogP contribution is -2.42. The summed E-state index contributed by atoms with van der Waals surface area (Å²) in [4.78, 5) is 28.9. The van der Waals surface area contributed by atoms with Crippen LogP contribution < -0.4 is 19.7 Å². The van der Waals surface area contributed by atoms with Crippen molar-refractivity contribution >= 4 is 17.5 Å². The molecule has 3 aliphatic heterocycles. The number of carbonyl (C=O) groups excluding carboxylic acids is 2. The maximum Gasteiger partial charge on any atom is 0.251 e. The van der Waals surface area contributed by atoms with Crippen LogP contribution in [0.25, 0.3) is 0 Å². The number of ether oxygens (including phenoxy) is 2. The van der Waals surface area contributed by atoms with Crippen molar-refractivity contribution in [2.75, 3.05) is 24.7 Å². The first-order chi connectivity index (χ1) is 18.0. The molecule has 0 bridgehead atoms. The van der Waals surface area contributed by atoms with Crippen molar-refractivity contribution in [1.29, 1.82) is 0 Å². The van der Waals surface area contributed by atoms with E-state index in [9.17, 15) is 9.59 Å². The van der Waals surface area contributed by atoms with E-state index in [2.05, 4.69) is 25.2 Å². The maximum atomic E-state index is 14.3. The molecule has 0 aliphatic carbocycles. The highest BCUT2D eigenvalue weighted by molar-refractivity contribution is 6.11. The number of rotatable bonds is 7. The number of amides is 2. The SMILES string of the molecule is CCC(CC)CNC(=O)c1cccc(CN2C(=O)C3(COc4cc5c(cc43)CCO5)c3ccccc32)c1. The standard InChI is InChI=1S/C31H32N2O4/c1-3-20(4-2)17-32-29(34)23-9-7-8-21(14-23)18-33-26-11-6-5-10-24(26)31(30(33)35)19-37-28-16-27-22(12-13-36-27)15-25(28)31/h5-11,14-16,20H,3-4,12-13,17-19H2,1-2H3,(H,32,34). The molecule has 1 spiro atoms. The normalized spacial score (nSPS) is 19.0.